The van der Waals surface area contributed by atoms with Crippen molar-refractivity contribution in [1.29, 1.82) is 0 Å². The van der Waals surface area contributed by atoms with Gasteiger partial charge in [-0.05, 0) is 35.0 Å². The summed E-state index contributed by atoms with van der Waals surface area (Å²) < 4.78 is 41.1. The zero-order valence-corrected chi connectivity index (χ0v) is 9.58. The van der Waals surface area contributed by atoms with E-state index in [1.165, 1.54) is 5.82 Å². The first kappa shape index (κ1) is 12.4. The third kappa shape index (κ3) is 2.98. The molecule has 1 nitrogen and oxygen atoms in total. The van der Waals surface area contributed by atoms with Crippen LogP contribution in [0, 0.1) is 11.7 Å². The molecule has 0 heterocycles. The quantitative estimate of drug-likeness (QED) is 0.554. The van der Waals surface area contributed by atoms with Gasteiger partial charge in [-0.3, -0.25) is 0 Å². The van der Waals surface area contributed by atoms with Gasteiger partial charge in [0.1, 0.15) is 5.75 Å². The lowest BCUT2D eigenvalue weighted by atomic mass is 9.93. The minimum atomic E-state index is -5.07. The van der Waals surface area contributed by atoms with E-state index in [9.17, 15) is 12.9 Å². The molecule has 92 valence electrons. The van der Waals surface area contributed by atoms with Crippen molar-refractivity contribution in [2.75, 3.05) is 7.11 Å². The summed E-state index contributed by atoms with van der Waals surface area (Å²) in [5.41, 5.74) is 0.354. The molecule has 2 aromatic rings. The molecule has 0 aliphatic carbocycles. The summed E-state index contributed by atoms with van der Waals surface area (Å²) in [6.07, 6.45) is 0. The first-order chi connectivity index (χ1) is 8.48. The Hall–Kier alpha value is -2.09. The molecule has 0 unspecified atom stereocenters. The van der Waals surface area contributed by atoms with E-state index in [2.05, 4.69) is 5.92 Å². The van der Waals surface area contributed by atoms with Crippen molar-refractivity contribution in [3.63, 3.8) is 0 Å². The lowest BCUT2D eigenvalue weighted by Gasteiger charge is -2.04. The lowest BCUT2D eigenvalue weighted by molar-refractivity contribution is 0.415. The molecule has 0 amide bonds. The van der Waals surface area contributed by atoms with Gasteiger partial charge in [-0.2, -0.15) is 5.82 Å². The van der Waals surface area contributed by atoms with Crippen LogP contribution in [0.4, 0.5) is 12.9 Å². The number of benzene rings is 2. The second-order valence-electron chi connectivity index (χ2n) is 3.77. The Kier molecular flexibility index (Phi) is 3.20. The summed E-state index contributed by atoms with van der Waals surface area (Å²) in [6, 6.07) is 10.3. The molecule has 2 rings (SSSR count). The Balaban J connectivity index is 2.41. The highest BCUT2D eigenvalue weighted by molar-refractivity contribution is 6.67. The van der Waals surface area contributed by atoms with Gasteiger partial charge in [0.2, 0.25) is 0 Å². The zero-order chi connectivity index (χ0) is 13.2. The number of methoxy groups -OCH3 is 1. The molecule has 0 aliphatic heterocycles. The highest BCUT2D eigenvalue weighted by Gasteiger charge is 2.18. The Morgan fingerprint density at radius 3 is 2.33 bits per heavy atom. The molecule has 0 saturated carbocycles. The van der Waals surface area contributed by atoms with Crippen LogP contribution in [0.5, 0.6) is 5.75 Å². The Morgan fingerprint density at radius 2 is 1.67 bits per heavy atom. The van der Waals surface area contributed by atoms with Gasteiger partial charge in [-0.25, -0.2) is 0 Å². The lowest BCUT2D eigenvalue weighted by Crippen LogP contribution is -2.10. The monoisotopic (exact) mass is 249 g/mol. The number of halogens is 3. The van der Waals surface area contributed by atoms with E-state index in [1.54, 1.807) is 37.4 Å². The summed E-state index contributed by atoms with van der Waals surface area (Å²) in [6.45, 7) is -5.07. The standard InChI is InChI=1S/C13H9BF3O/c1-18-13-5-4-11-8-10(2-3-12(11)9-13)6-7-14(15,16)17/h2-5,8-9H,1H3/q-1. The molecular weight excluding hydrogens is 240 g/mol. The number of fused-ring (bicyclic) bond motifs is 1. The van der Waals surface area contributed by atoms with Crippen LogP contribution in [0.25, 0.3) is 10.8 Å². The average Bonchev–Trinajstić information content (AvgIpc) is 2.34. The summed E-state index contributed by atoms with van der Waals surface area (Å²) in [5.74, 6) is 4.15. The second-order valence-corrected chi connectivity index (χ2v) is 3.77. The van der Waals surface area contributed by atoms with Gasteiger partial charge in [0.15, 0.2) is 0 Å². The van der Waals surface area contributed by atoms with Crippen LogP contribution in [0.1, 0.15) is 5.56 Å². The number of rotatable bonds is 1. The average molecular weight is 249 g/mol. The summed E-state index contributed by atoms with van der Waals surface area (Å²) in [5, 5.41) is 1.73. The first-order valence-electron chi connectivity index (χ1n) is 5.28. The third-order valence-electron chi connectivity index (χ3n) is 2.43. The smallest absolute Gasteiger partial charge is 0.497 e. The molecule has 0 N–H and O–H groups in total. The van der Waals surface area contributed by atoms with Crippen molar-refractivity contribution in [2.45, 2.75) is 0 Å². The number of hydrogen-bond acceptors (Lipinski definition) is 1. The maximum atomic E-state index is 12.0. The molecule has 0 bridgehead atoms. The highest BCUT2D eigenvalue weighted by Crippen LogP contribution is 2.21. The molecule has 0 spiro atoms. The van der Waals surface area contributed by atoms with E-state index in [1.807, 2.05) is 6.07 Å². The van der Waals surface area contributed by atoms with E-state index in [0.717, 1.165) is 10.8 Å². The van der Waals surface area contributed by atoms with E-state index in [0.29, 0.717) is 11.3 Å². The molecule has 18 heavy (non-hydrogen) atoms. The summed E-state index contributed by atoms with van der Waals surface area (Å²) in [4.78, 5) is 0. The van der Waals surface area contributed by atoms with Gasteiger partial charge in [-0.1, -0.05) is 12.1 Å². The van der Waals surface area contributed by atoms with E-state index < -0.39 is 6.98 Å². The minimum Gasteiger partial charge on any atom is -0.497 e. The van der Waals surface area contributed by atoms with Crippen molar-refractivity contribution >= 4 is 17.7 Å². The van der Waals surface area contributed by atoms with Crippen LogP contribution in [-0.2, 0) is 0 Å². The molecular formula is C13H9BF3O-. The van der Waals surface area contributed by atoms with Crippen LogP contribution in [0.2, 0.25) is 0 Å². The van der Waals surface area contributed by atoms with Crippen LogP contribution >= 0.6 is 0 Å². The maximum absolute atomic E-state index is 12.0. The van der Waals surface area contributed by atoms with Crippen molar-refractivity contribution < 1.29 is 17.7 Å². The van der Waals surface area contributed by atoms with Crippen LogP contribution < -0.4 is 4.74 Å². The van der Waals surface area contributed by atoms with Gasteiger partial charge in [0.25, 0.3) is 0 Å². The molecule has 5 heteroatoms. The molecule has 0 aliphatic rings. The van der Waals surface area contributed by atoms with E-state index >= 15 is 0 Å². The highest BCUT2D eigenvalue weighted by atomic mass is 19.4. The number of hydrogen-bond donors (Lipinski definition) is 0. The molecule has 0 radical (unpaired) electrons. The minimum absolute atomic E-state index is 0.354. The fraction of sp³-hybridized carbons (Fsp3) is 0.0769. The molecule has 2 aromatic carbocycles. The van der Waals surface area contributed by atoms with Crippen molar-refractivity contribution in [2.24, 2.45) is 0 Å². The molecule has 0 atom stereocenters. The summed E-state index contributed by atoms with van der Waals surface area (Å²) in [7, 11) is 1.56. The Bertz CT molecular complexity index is 638. The van der Waals surface area contributed by atoms with Crippen LogP contribution in [0.15, 0.2) is 36.4 Å². The van der Waals surface area contributed by atoms with Crippen LogP contribution in [0.3, 0.4) is 0 Å². The predicted octanol–water partition coefficient (Wildman–Crippen LogP) is 3.59. The fourth-order valence-corrected chi connectivity index (χ4v) is 1.59. The van der Waals surface area contributed by atoms with Crippen molar-refractivity contribution in [3.05, 3.63) is 42.0 Å². The largest absolute Gasteiger partial charge is 0.558 e. The topological polar surface area (TPSA) is 9.23 Å². The van der Waals surface area contributed by atoms with E-state index in [-0.39, 0.29) is 0 Å². The molecule has 0 aromatic heterocycles. The Labute approximate surface area is 103 Å². The molecule has 0 saturated heterocycles. The van der Waals surface area contributed by atoms with E-state index in [4.69, 9.17) is 4.74 Å². The van der Waals surface area contributed by atoms with Gasteiger partial charge in [-0.15, -0.1) is 5.92 Å². The normalized spacial score (nSPS) is 10.9. The van der Waals surface area contributed by atoms with Gasteiger partial charge in [0.05, 0.1) is 7.11 Å². The molecule has 0 fully saturated rings. The van der Waals surface area contributed by atoms with Crippen molar-refractivity contribution in [1.82, 2.24) is 0 Å². The summed E-state index contributed by atoms with van der Waals surface area (Å²) >= 11 is 0. The maximum Gasteiger partial charge on any atom is 0.558 e. The van der Waals surface area contributed by atoms with Crippen LogP contribution in [-0.4, -0.2) is 14.1 Å². The van der Waals surface area contributed by atoms with Gasteiger partial charge >= 0.3 is 6.98 Å². The number of ether oxygens (including phenoxy) is 1. The predicted molar refractivity (Wildman–Crippen MR) is 66.5 cm³/mol. The van der Waals surface area contributed by atoms with Crippen molar-refractivity contribution in [3.8, 4) is 17.5 Å². The SMILES string of the molecule is COc1ccc2cc(C#C[B-](F)(F)F)ccc2c1. The first-order valence-corrected chi connectivity index (χ1v) is 5.28. The second kappa shape index (κ2) is 4.65. The van der Waals surface area contributed by atoms with Gasteiger partial charge < -0.3 is 17.7 Å². The Morgan fingerprint density at radius 1 is 1.00 bits per heavy atom. The zero-order valence-electron chi connectivity index (χ0n) is 9.58. The van der Waals surface area contributed by atoms with Gasteiger partial charge in [0, 0.05) is 5.56 Å². The fourth-order valence-electron chi connectivity index (χ4n) is 1.59. The third-order valence-corrected chi connectivity index (χ3v) is 2.43.